The van der Waals surface area contributed by atoms with Crippen LogP contribution in [0.5, 0.6) is 0 Å². The van der Waals surface area contributed by atoms with Gasteiger partial charge in [-0.3, -0.25) is 9.69 Å². The fourth-order valence-corrected chi connectivity index (χ4v) is 4.76. The summed E-state index contributed by atoms with van der Waals surface area (Å²) in [6.45, 7) is 6.66. The molecule has 0 spiro atoms. The third kappa shape index (κ3) is 4.08. The smallest absolute Gasteiger partial charge is 0.237 e. The van der Waals surface area contributed by atoms with Crippen molar-refractivity contribution >= 4 is 33.2 Å². The number of carbonyl (C=O) groups is 1. The van der Waals surface area contributed by atoms with Gasteiger partial charge in [-0.05, 0) is 45.5 Å². The zero-order chi connectivity index (χ0) is 17.1. The van der Waals surface area contributed by atoms with Crippen LogP contribution in [-0.2, 0) is 24.3 Å². The molecule has 1 aromatic carbocycles. The molecule has 3 nitrogen and oxygen atoms in total. The Morgan fingerprint density at radius 2 is 2.08 bits per heavy atom. The van der Waals surface area contributed by atoms with Crippen molar-refractivity contribution in [2.75, 3.05) is 6.54 Å². The van der Waals surface area contributed by atoms with E-state index in [-0.39, 0.29) is 17.9 Å². The Morgan fingerprint density at radius 3 is 2.75 bits per heavy atom. The topological polar surface area (TPSA) is 32.3 Å². The van der Waals surface area contributed by atoms with Gasteiger partial charge in [0.2, 0.25) is 5.91 Å². The number of hydrogen-bond donors (Lipinski definition) is 1. The fourth-order valence-electron chi connectivity index (χ4n) is 3.37. The Hall–Kier alpha value is -1.17. The first kappa shape index (κ1) is 17.6. The van der Waals surface area contributed by atoms with Gasteiger partial charge in [-0.15, -0.1) is 11.3 Å². The van der Waals surface area contributed by atoms with Gasteiger partial charge in [0, 0.05) is 27.8 Å². The average molecular weight is 407 g/mol. The minimum Gasteiger partial charge on any atom is -0.350 e. The van der Waals surface area contributed by atoms with E-state index in [4.69, 9.17) is 0 Å². The second-order valence-electron chi connectivity index (χ2n) is 6.63. The van der Waals surface area contributed by atoms with Gasteiger partial charge in [-0.1, -0.05) is 38.1 Å². The van der Waals surface area contributed by atoms with Crippen molar-refractivity contribution in [1.82, 2.24) is 10.2 Å². The molecule has 128 valence electrons. The molecule has 0 bridgehead atoms. The van der Waals surface area contributed by atoms with Crippen molar-refractivity contribution in [3.63, 3.8) is 0 Å². The lowest BCUT2D eigenvalue weighted by Gasteiger charge is -2.36. The minimum atomic E-state index is -0.0817. The zero-order valence-electron chi connectivity index (χ0n) is 14.1. The van der Waals surface area contributed by atoms with Crippen LogP contribution in [0.1, 0.15) is 29.9 Å². The summed E-state index contributed by atoms with van der Waals surface area (Å²) >= 11 is 5.12. The molecule has 0 aliphatic carbocycles. The van der Waals surface area contributed by atoms with E-state index in [1.807, 2.05) is 5.38 Å². The summed E-state index contributed by atoms with van der Waals surface area (Å²) in [5.74, 6) is 0.416. The SMILES string of the molecule is CC(C)C(C(=O)NCc1cc(Br)cs1)N1CCc2ccccc2C1. The first-order valence-corrected chi connectivity index (χ1v) is 10.0. The molecule has 2 aromatic rings. The summed E-state index contributed by atoms with van der Waals surface area (Å²) in [6, 6.07) is 10.5. The van der Waals surface area contributed by atoms with Crippen molar-refractivity contribution < 1.29 is 4.79 Å². The highest BCUT2D eigenvalue weighted by Gasteiger charge is 2.31. The van der Waals surface area contributed by atoms with Gasteiger partial charge in [0.25, 0.3) is 0 Å². The second-order valence-corrected chi connectivity index (χ2v) is 8.54. The van der Waals surface area contributed by atoms with Gasteiger partial charge in [-0.2, -0.15) is 0 Å². The molecule has 1 amide bonds. The Kier molecular flexibility index (Phi) is 5.74. The maximum atomic E-state index is 12.8. The quantitative estimate of drug-likeness (QED) is 0.806. The Morgan fingerprint density at radius 1 is 1.33 bits per heavy atom. The van der Waals surface area contributed by atoms with E-state index in [2.05, 4.69) is 70.3 Å². The lowest BCUT2D eigenvalue weighted by molar-refractivity contribution is -0.128. The van der Waals surface area contributed by atoms with E-state index < -0.39 is 0 Å². The number of benzene rings is 1. The third-order valence-electron chi connectivity index (χ3n) is 4.51. The number of fused-ring (bicyclic) bond motifs is 1. The molecule has 1 aliphatic heterocycles. The predicted octanol–water partition coefficient (Wildman–Crippen LogP) is 4.21. The highest BCUT2D eigenvalue weighted by atomic mass is 79.9. The lowest BCUT2D eigenvalue weighted by atomic mass is 9.94. The number of nitrogens with zero attached hydrogens (tertiary/aromatic N) is 1. The highest BCUT2D eigenvalue weighted by Crippen LogP contribution is 2.24. The van der Waals surface area contributed by atoms with Gasteiger partial charge in [0.05, 0.1) is 12.6 Å². The molecular formula is C19H23BrN2OS. The third-order valence-corrected chi connectivity index (χ3v) is 6.21. The molecule has 1 aromatic heterocycles. The Balaban J connectivity index is 1.67. The van der Waals surface area contributed by atoms with Crippen molar-refractivity contribution in [2.45, 2.75) is 39.4 Å². The van der Waals surface area contributed by atoms with Gasteiger partial charge in [0.15, 0.2) is 0 Å². The van der Waals surface area contributed by atoms with Gasteiger partial charge >= 0.3 is 0 Å². The maximum Gasteiger partial charge on any atom is 0.237 e. The first-order chi connectivity index (χ1) is 11.5. The Labute approximate surface area is 156 Å². The van der Waals surface area contributed by atoms with E-state index in [0.29, 0.717) is 6.54 Å². The largest absolute Gasteiger partial charge is 0.350 e. The van der Waals surface area contributed by atoms with E-state index in [1.54, 1.807) is 11.3 Å². The summed E-state index contributed by atoms with van der Waals surface area (Å²) in [7, 11) is 0. The molecule has 0 radical (unpaired) electrons. The van der Waals surface area contributed by atoms with Crippen molar-refractivity contribution in [3.05, 3.63) is 56.2 Å². The number of amides is 1. The average Bonchev–Trinajstić information content (AvgIpc) is 2.98. The molecule has 1 atom stereocenters. The molecule has 2 heterocycles. The highest BCUT2D eigenvalue weighted by molar-refractivity contribution is 9.10. The summed E-state index contributed by atoms with van der Waals surface area (Å²) < 4.78 is 1.07. The molecular weight excluding hydrogens is 384 g/mol. The molecule has 3 rings (SSSR count). The second kappa shape index (κ2) is 7.81. The number of hydrogen-bond acceptors (Lipinski definition) is 3. The molecule has 1 aliphatic rings. The summed E-state index contributed by atoms with van der Waals surface area (Å²) in [5, 5.41) is 5.17. The normalized spacial score (nSPS) is 16.0. The van der Waals surface area contributed by atoms with Crippen LogP contribution < -0.4 is 5.32 Å². The zero-order valence-corrected chi connectivity index (χ0v) is 16.5. The van der Waals surface area contributed by atoms with Crippen LogP contribution in [0.25, 0.3) is 0 Å². The van der Waals surface area contributed by atoms with Gasteiger partial charge in [-0.25, -0.2) is 0 Å². The van der Waals surface area contributed by atoms with Crippen LogP contribution >= 0.6 is 27.3 Å². The predicted molar refractivity (Wildman–Crippen MR) is 103 cm³/mol. The van der Waals surface area contributed by atoms with Crippen molar-refractivity contribution in [3.8, 4) is 0 Å². The van der Waals surface area contributed by atoms with Crippen LogP contribution in [0, 0.1) is 5.92 Å². The van der Waals surface area contributed by atoms with E-state index in [9.17, 15) is 4.79 Å². The number of halogens is 1. The monoisotopic (exact) mass is 406 g/mol. The van der Waals surface area contributed by atoms with Crippen LogP contribution in [0.2, 0.25) is 0 Å². The molecule has 0 fully saturated rings. The Bertz CT molecular complexity index is 713. The van der Waals surface area contributed by atoms with E-state index in [1.165, 1.54) is 16.0 Å². The number of nitrogens with one attached hydrogen (secondary N) is 1. The first-order valence-electron chi connectivity index (χ1n) is 8.36. The van der Waals surface area contributed by atoms with Gasteiger partial charge in [0.1, 0.15) is 0 Å². The van der Waals surface area contributed by atoms with Crippen LogP contribution in [-0.4, -0.2) is 23.4 Å². The van der Waals surface area contributed by atoms with E-state index >= 15 is 0 Å². The van der Waals surface area contributed by atoms with Gasteiger partial charge < -0.3 is 5.32 Å². The van der Waals surface area contributed by atoms with Crippen LogP contribution in [0.4, 0.5) is 0 Å². The summed E-state index contributed by atoms with van der Waals surface area (Å²) in [4.78, 5) is 16.3. The lowest BCUT2D eigenvalue weighted by Crippen LogP contribution is -2.51. The number of carbonyl (C=O) groups excluding carboxylic acids is 1. The maximum absolute atomic E-state index is 12.8. The molecule has 5 heteroatoms. The molecule has 24 heavy (non-hydrogen) atoms. The molecule has 0 saturated carbocycles. The molecule has 1 N–H and O–H groups in total. The fraction of sp³-hybridized carbons (Fsp3) is 0.421. The molecule has 1 unspecified atom stereocenters. The summed E-state index contributed by atoms with van der Waals surface area (Å²) in [5.41, 5.74) is 2.77. The van der Waals surface area contributed by atoms with Crippen molar-refractivity contribution in [1.29, 1.82) is 0 Å². The minimum absolute atomic E-state index is 0.0817. The van der Waals surface area contributed by atoms with Crippen LogP contribution in [0.15, 0.2) is 40.2 Å². The van der Waals surface area contributed by atoms with E-state index in [0.717, 1.165) is 24.0 Å². The molecule has 0 saturated heterocycles. The van der Waals surface area contributed by atoms with Crippen molar-refractivity contribution in [2.24, 2.45) is 5.92 Å². The van der Waals surface area contributed by atoms with Crippen LogP contribution in [0.3, 0.4) is 0 Å². The number of thiophene rings is 1. The number of rotatable bonds is 5. The summed E-state index contributed by atoms with van der Waals surface area (Å²) in [6.07, 6.45) is 1.02. The standard InChI is InChI=1S/C19H23BrN2OS/c1-13(2)18(19(23)21-10-17-9-16(20)12-24-17)22-8-7-14-5-3-4-6-15(14)11-22/h3-6,9,12-13,18H,7-8,10-11H2,1-2H3,(H,21,23).